The van der Waals surface area contributed by atoms with Gasteiger partial charge in [-0.05, 0) is 58.7 Å². The molecule has 2 N–H and O–H groups in total. The van der Waals surface area contributed by atoms with E-state index in [9.17, 15) is 18.4 Å². The Bertz CT molecular complexity index is 639. The predicted molar refractivity (Wildman–Crippen MR) is 107 cm³/mol. The van der Waals surface area contributed by atoms with Gasteiger partial charge in [0.15, 0.2) is 0 Å². The van der Waals surface area contributed by atoms with Gasteiger partial charge in [-0.15, -0.1) is 4.72 Å². The van der Waals surface area contributed by atoms with Crippen LogP contribution in [0.1, 0.15) is 45.2 Å². The second-order valence-electron chi connectivity index (χ2n) is 7.83. The molecule has 2 rings (SSSR count). The van der Waals surface area contributed by atoms with Gasteiger partial charge in [-0.2, -0.15) is 0 Å². The van der Waals surface area contributed by atoms with Gasteiger partial charge in [0.1, 0.15) is 10.5 Å². The standard InChI is InChI=1S/C18H26Cl2F2N2O2S/c1-18(2,3)27(26)23-17(12-8-13(19)14(20)9-15(12)25)11-4-6-24(7-5-11)10-16(21)22/h8-9,11,16-17,23,25H,4-7,10H2,1-3H3. The smallest absolute Gasteiger partial charge is 0.251 e. The van der Waals surface area contributed by atoms with Gasteiger partial charge in [0.05, 0.1) is 22.6 Å². The van der Waals surface area contributed by atoms with Crippen LogP contribution in [0, 0.1) is 5.92 Å². The summed E-state index contributed by atoms with van der Waals surface area (Å²) >= 11 is 10.7. The maximum absolute atomic E-state index is 12.7. The van der Waals surface area contributed by atoms with Crippen molar-refractivity contribution >= 4 is 34.6 Å². The molecule has 0 radical (unpaired) electrons. The fourth-order valence-corrected chi connectivity index (χ4v) is 4.40. The Morgan fingerprint density at radius 1 is 1.26 bits per heavy atom. The topological polar surface area (TPSA) is 58.6 Å². The molecule has 0 spiro atoms. The average Bonchev–Trinajstić information content (AvgIpc) is 2.55. The first-order valence-corrected chi connectivity index (χ1v) is 10.8. The molecule has 27 heavy (non-hydrogen) atoms. The highest BCUT2D eigenvalue weighted by atomic mass is 35.5. The Morgan fingerprint density at radius 3 is 2.33 bits per heavy atom. The predicted octanol–water partition coefficient (Wildman–Crippen LogP) is 4.77. The number of rotatable bonds is 6. The Balaban J connectivity index is 2.25. The number of benzene rings is 1. The van der Waals surface area contributed by atoms with Gasteiger partial charge in [-0.3, -0.25) is 4.90 Å². The lowest BCUT2D eigenvalue weighted by molar-refractivity contribution is 0.0650. The van der Waals surface area contributed by atoms with Gasteiger partial charge in [-0.1, -0.05) is 23.2 Å². The number of alkyl halides is 2. The van der Waals surface area contributed by atoms with Gasteiger partial charge >= 0.3 is 0 Å². The molecule has 0 bridgehead atoms. The first-order valence-electron chi connectivity index (χ1n) is 8.85. The second kappa shape index (κ2) is 9.46. The quantitative estimate of drug-likeness (QED) is 0.622. The summed E-state index contributed by atoms with van der Waals surface area (Å²) < 4.78 is 40.6. The lowest BCUT2D eigenvalue weighted by Gasteiger charge is -2.37. The minimum Gasteiger partial charge on any atom is -0.598 e. The second-order valence-corrected chi connectivity index (χ2v) is 10.6. The summed E-state index contributed by atoms with van der Waals surface area (Å²) in [6.45, 7) is 6.37. The Labute approximate surface area is 172 Å². The normalized spacial score (nSPS) is 19.4. The van der Waals surface area contributed by atoms with Crippen molar-refractivity contribution in [1.82, 2.24) is 9.62 Å². The molecule has 1 aromatic rings. The van der Waals surface area contributed by atoms with Crippen LogP contribution in [-0.4, -0.2) is 45.4 Å². The number of piperidine rings is 1. The SMILES string of the molecule is CC(C)(C)[S+]([O-])NC(c1cc(Cl)c(Cl)cc1O)C1CCN(CC(F)F)CC1. The molecule has 2 unspecified atom stereocenters. The highest BCUT2D eigenvalue weighted by molar-refractivity contribution is 7.90. The first kappa shape index (κ1) is 23.0. The summed E-state index contributed by atoms with van der Waals surface area (Å²) in [5.74, 6) is -0.00353. The highest BCUT2D eigenvalue weighted by Gasteiger charge is 2.36. The van der Waals surface area contributed by atoms with Crippen molar-refractivity contribution < 1.29 is 18.4 Å². The van der Waals surface area contributed by atoms with E-state index in [0.29, 0.717) is 36.5 Å². The number of halogens is 4. The van der Waals surface area contributed by atoms with E-state index in [1.165, 1.54) is 6.07 Å². The number of likely N-dealkylation sites (tertiary alicyclic amines) is 1. The molecule has 1 heterocycles. The van der Waals surface area contributed by atoms with E-state index in [4.69, 9.17) is 23.2 Å². The van der Waals surface area contributed by atoms with E-state index < -0.39 is 28.6 Å². The van der Waals surface area contributed by atoms with Crippen LogP contribution in [-0.2, 0) is 11.4 Å². The zero-order valence-corrected chi connectivity index (χ0v) is 18.0. The third-order valence-corrected chi connectivity index (χ3v) is 7.00. The van der Waals surface area contributed by atoms with Crippen LogP contribution < -0.4 is 4.72 Å². The van der Waals surface area contributed by atoms with Crippen molar-refractivity contribution in [2.24, 2.45) is 5.92 Å². The van der Waals surface area contributed by atoms with E-state index in [0.717, 1.165) is 0 Å². The van der Waals surface area contributed by atoms with Gasteiger partial charge in [0.25, 0.3) is 6.43 Å². The molecule has 1 aliphatic heterocycles. The van der Waals surface area contributed by atoms with Gasteiger partial charge in [-0.25, -0.2) is 8.78 Å². The minimum atomic E-state index is -2.36. The van der Waals surface area contributed by atoms with Crippen molar-refractivity contribution in [3.05, 3.63) is 27.7 Å². The van der Waals surface area contributed by atoms with E-state index in [2.05, 4.69) is 4.72 Å². The van der Waals surface area contributed by atoms with Crippen LogP contribution in [0.2, 0.25) is 10.0 Å². The number of hydrogen-bond donors (Lipinski definition) is 2. The Morgan fingerprint density at radius 2 is 1.81 bits per heavy atom. The summed E-state index contributed by atoms with van der Waals surface area (Å²) in [4.78, 5) is 1.73. The lowest BCUT2D eigenvalue weighted by Crippen LogP contribution is -2.46. The number of aromatic hydroxyl groups is 1. The zero-order valence-electron chi connectivity index (χ0n) is 15.6. The number of phenolic OH excluding ortho intramolecular Hbond substituents is 1. The van der Waals surface area contributed by atoms with Crippen LogP contribution in [0.15, 0.2) is 12.1 Å². The van der Waals surface area contributed by atoms with Crippen LogP contribution >= 0.6 is 23.2 Å². The minimum absolute atomic E-state index is 0.0216. The number of phenols is 1. The Hall–Kier alpha value is -0.310. The Kier molecular flexibility index (Phi) is 8.05. The summed E-state index contributed by atoms with van der Waals surface area (Å²) in [5.41, 5.74) is 0.523. The molecule has 0 aliphatic carbocycles. The summed E-state index contributed by atoms with van der Waals surface area (Å²) in [6.07, 6.45) is -1.07. The van der Waals surface area contributed by atoms with E-state index in [1.807, 2.05) is 20.8 Å². The molecule has 0 amide bonds. The van der Waals surface area contributed by atoms with Gasteiger partial charge < -0.3 is 9.66 Å². The molecule has 1 aromatic carbocycles. The van der Waals surface area contributed by atoms with Crippen LogP contribution in [0.5, 0.6) is 5.75 Å². The molecule has 0 saturated carbocycles. The van der Waals surface area contributed by atoms with Crippen molar-refractivity contribution in [3.8, 4) is 5.75 Å². The summed E-state index contributed by atoms with van der Waals surface area (Å²) in [6, 6.07) is 2.54. The van der Waals surface area contributed by atoms with Crippen molar-refractivity contribution in [2.75, 3.05) is 19.6 Å². The number of nitrogens with zero attached hydrogens (tertiary/aromatic N) is 1. The van der Waals surface area contributed by atoms with Crippen LogP contribution in [0.25, 0.3) is 0 Å². The van der Waals surface area contributed by atoms with E-state index >= 15 is 0 Å². The molecule has 1 fully saturated rings. The molecular weight excluding hydrogens is 417 g/mol. The molecule has 154 valence electrons. The molecular formula is C18H26Cl2F2N2O2S. The first-order chi connectivity index (χ1) is 12.5. The molecule has 1 aliphatic rings. The summed E-state index contributed by atoms with van der Waals surface area (Å²) in [5, 5.41) is 10.9. The largest absolute Gasteiger partial charge is 0.598 e. The van der Waals surface area contributed by atoms with Gasteiger partial charge in [0.2, 0.25) is 0 Å². The molecule has 0 aromatic heterocycles. The third-order valence-electron chi connectivity index (χ3n) is 4.69. The highest BCUT2D eigenvalue weighted by Crippen LogP contribution is 2.40. The maximum Gasteiger partial charge on any atom is 0.251 e. The fraction of sp³-hybridized carbons (Fsp3) is 0.667. The summed E-state index contributed by atoms with van der Waals surface area (Å²) in [7, 11) is 0. The number of hydrogen-bond acceptors (Lipinski definition) is 4. The molecule has 2 atom stereocenters. The van der Waals surface area contributed by atoms with Crippen molar-refractivity contribution in [2.45, 2.75) is 50.8 Å². The number of nitrogens with one attached hydrogen (secondary N) is 1. The molecule has 1 saturated heterocycles. The zero-order chi connectivity index (χ0) is 20.4. The van der Waals surface area contributed by atoms with E-state index in [-0.39, 0.29) is 23.2 Å². The third kappa shape index (κ3) is 6.34. The van der Waals surface area contributed by atoms with Crippen LogP contribution in [0.3, 0.4) is 0 Å². The monoisotopic (exact) mass is 442 g/mol. The van der Waals surface area contributed by atoms with Crippen molar-refractivity contribution in [3.63, 3.8) is 0 Å². The van der Waals surface area contributed by atoms with E-state index in [1.54, 1.807) is 11.0 Å². The van der Waals surface area contributed by atoms with Gasteiger partial charge in [0, 0.05) is 23.0 Å². The van der Waals surface area contributed by atoms with Crippen LogP contribution in [0.4, 0.5) is 8.78 Å². The molecule has 4 nitrogen and oxygen atoms in total. The molecule has 9 heteroatoms. The van der Waals surface area contributed by atoms with Crippen molar-refractivity contribution in [1.29, 1.82) is 0 Å². The fourth-order valence-electron chi connectivity index (χ4n) is 3.17. The average molecular weight is 443 g/mol. The lowest BCUT2D eigenvalue weighted by atomic mass is 9.85. The maximum atomic E-state index is 12.7.